The molecule has 0 atom stereocenters. The molecule has 0 bridgehead atoms. The van der Waals surface area contributed by atoms with Crippen LogP contribution in [0, 0.1) is 6.92 Å². The molecule has 3 aromatic carbocycles. The normalized spacial score (nSPS) is 15.2. The van der Waals surface area contributed by atoms with E-state index in [9.17, 15) is 13.2 Å². The zero-order chi connectivity index (χ0) is 26.6. The molecule has 0 spiro atoms. The summed E-state index contributed by atoms with van der Waals surface area (Å²) < 4.78 is 34.1. The highest BCUT2D eigenvalue weighted by Gasteiger charge is 2.37. The van der Waals surface area contributed by atoms with Crippen LogP contribution in [0.15, 0.2) is 89.8 Å². The average molecular weight is 529 g/mol. The van der Waals surface area contributed by atoms with Gasteiger partial charge >= 0.3 is 0 Å². The Kier molecular flexibility index (Phi) is 7.47. The predicted octanol–water partition coefficient (Wildman–Crippen LogP) is 6.22. The van der Waals surface area contributed by atoms with Crippen LogP contribution >= 0.6 is 0 Å². The number of rotatable bonds is 8. The van der Waals surface area contributed by atoms with Gasteiger partial charge in [-0.05, 0) is 61.2 Å². The fraction of sp³-hybridized carbons (Fsp3) is 0.290. The maximum atomic E-state index is 13.1. The minimum atomic E-state index is -3.93. The van der Waals surface area contributed by atoms with E-state index < -0.39 is 21.3 Å². The first-order valence-electron chi connectivity index (χ1n) is 13.0. The number of ether oxygens (including phenoxy) is 1. The van der Waals surface area contributed by atoms with Crippen molar-refractivity contribution >= 4 is 26.8 Å². The van der Waals surface area contributed by atoms with Crippen molar-refractivity contribution in [3.05, 3.63) is 102 Å². The first-order chi connectivity index (χ1) is 18.3. The number of fused-ring (bicyclic) bond motifs is 1. The number of hydrogen-bond acceptors (Lipinski definition) is 5. The van der Waals surface area contributed by atoms with Crippen LogP contribution in [0.2, 0.25) is 0 Å². The number of nitrogens with zero attached hydrogens (tertiary/aromatic N) is 1. The number of amides is 1. The van der Waals surface area contributed by atoms with Crippen molar-refractivity contribution in [2.45, 2.75) is 62.4 Å². The Labute approximate surface area is 224 Å². The maximum absolute atomic E-state index is 13.1. The zero-order valence-corrected chi connectivity index (χ0v) is 22.3. The van der Waals surface area contributed by atoms with Gasteiger partial charge in [-0.15, -0.1) is 0 Å². The van der Waals surface area contributed by atoms with Crippen molar-refractivity contribution in [2.75, 3.05) is 0 Å². The fourth-order valence-electron chi connectivity index (χ4n) is 5.45. The molecule has 5 rings (SSSR count). The Morgan fingerprint density at radius 2 is 1.61 bits per heavy atom. The number of pyridine rings is 1. The molecular weight excluding hydrogens is 496 g/mol. The van der Waals surface area contributed by atoms with E-state index in [1.807, 2.05) is 60.7 Å². The van der Waals surface area contributed by atoms with Crippen molar-refractivity contribution in [3.63, 3.8) is 0 Å². The monoisotopic (exact) mass is 528 g/mol. The van der Waals surface area contributed by atoms with Gasteiger partial charge in [0.2, 0.25) is 5.91 Å². The summed E-state index contributed by atoms with van der Waals surface area (Å²) in [4.78, 5) is 17.9. The lowest BCUT2D eigenvalue weighted by molar-refractivity contribution is -0.120. The molecule has 4 aromatic rings. The quantitative estimate of drug-likeness (QED) is 0.293. The molecule has 1 fully saturated rings. The van der Waals surface area contributed by atoms with E-state index in [1.54, 1.807) is 25.1 Å². The smallest absolute Gasteiger partial charge is 0.264 e. The molecule has 0 saturated heterocycles. The van der Waals surface area contributed by atoms with Crippen LogP contribution in [-0.4, -0.2) is 19.3 Å². The summed E-state index contributed by atoms with van der Waals surface area (Å²) in [6.45, 7) is 2.08. The largest absolute Gasteiger partial charge is 0.487 e. The average Bonchev–Trinajstić information content (AvgIpc) is 2.92. The number of hydrogen-bond donors (Lipinski definition) is 1. The lowest BCUT2D eigenvalue weighted by Crippen LogP contribution is -2.39. The SMILES string of the molecule is Cc1ccccc1S(=O)(=O)NC(=O)CC1(c2ccc(OCc3ccc4ccccc4n3)cc2)CCCCC1. The number of carbonyl (C=O) groups is 1. The Morgan fingerprint density at radius 1 is 0.895 bits per heavy atom. The third-order valence-electron chi connectivity index (χ3n) is 7.45. The van der Waals surface area contributed by atoms with E-state index in [0.29, 0.717) is 12.2 Å². The lowest BCUT2D eigenvalue weighted by Gasteiger charge is -2.37. The Balaban J connectivity index is 1.29. The van der Waals surface area contributed by atoms with Gasteiger partial charge in [-0.2, -0.15) is 0 Å². The summed E-state index contributed by atoms with van der Waals surface area (Å²) in [6.07, 6.45) is 4.93. The molecular formula is C31H32N2O4S. The molecule has 1 aliphatic carbocycles. The van der Waals surface area contributed by atoms with Crippen molar-refractivity contribution in [1.29, 1.82) is 0 Å². The molecule has 1 aromatic heterocycles. The second-order valence-corrected chi connectivity index (χ2v) is 11.8. The third kappa shape index (κ3) is 5.73. The van der Waals surface area contributed by atoms with Crippen LogP contribution in [0.4, 0.5) is 0 Å². The van der Waals surface area contributed by atoms with Gasteiger partial charge in [0.25, 0.3) is 10.0 Å². The number of carbonyl (C=O) groups excluding carboxylic acids is 1. The minimum absolute atomic E-state index is 0.124. The van der Waals surface area contributed by atoms with E-state index in [-0.39, 0.29) is 11.3 Å². The van der Waals surface area contributed by atoms with E-state index in [1.165, 1.54) is 6.07 Å². The van der Waals surface area contributed by atoms with Crippen LogP contribution in [0.3, 0.4) is 0 Å². The summed E-state index contributed by atoms with van der Waals surface area (Å²) in [5.41, 5.74) is 3.03. The van der Waals surface area contributed by atoms with E-state index in [4.69, 9.17) is 4.74 Å². The van der Waals surface area contributed by atoms with Crippen LogP contribution in [-0.2, 0) is 26.8 Å². The van der Waals surface area contributed by atoms with Gasteiger partial charge in [0.1, 0.15) is 12.4 Å². The summed E-state index contributed by atoms with van der Waals surface area (Å²) in [7, 11) is -3.93. The first kappa shape index (κ1) is 25.9. The number of para-hydroxylation sites is 1. The van der Waals surface area contributed by atoms with Crippen molar-refractivity contribution in [2.24, 2.45) is 0 Å². The second-order valence-electron chi connectivity index (χ2n) is 10.1. The van der Waals surface area contributed by atoms with Gasteiger partial charge in [-0.25, -0.2) is 18.1 Å². The van der Waals surface area contributed by atoms with Gasteiger partial charge in [-0.3, -0.25) is 4.79 Å². The van der Waals surface area contributed by atoms with Crippen LogP contribution < -0.4 is 9.46 Å². The highest BCUT2D eigenvalue weighted by Crippen LogP contribution is 2.42. The summed E-state index contributed by atoms with van der Waals surface area (Å²) in [5.74, 6) is 0.249. The topological polar surface area (TPSA) is 85.4 Å². The Hall–Kier alpha value is -3.71. The lowest BCUT2D eigenvalue weighted by atomic mass is 9.67. The van der Waals surface area contributed by atoms with Gasteiger partial charge in [0.15, 0.2) is 0 Å². The van der Waals surface area contributed by atoms with Gasteiger partial charge in [0, 0.05) is 17.2 Å². The molecule has 0 aliphatic heterocycles. The predicted molar refractivity (Wildman–Crippen MR) is 148 cm³/mol. The van der Waals surface area contributed by atoms with Crippen LogP contribution in [0.1, 0.15) is 55.3 Å². The van der Waals surface area contributed by atoms with Crippen molar-refractivity contribution in [3.8, 4) is 5.75 Å². The zero-order valence-electron chi connectivity index (χ0n) is 21.5. The standard InChI is InChI=1S/C31H32N2O4S/c1-23-9-3-6-12-29(23)38(35,36)33-30(34)21-31(19-7-2-8-20-31)25-14-17-27(18-15-25)37-22-26-16-13-24-10-4-5-11-28(24)32-26/h3-6,9-18H,2,7-8,19-22H2,1H3,(H,33,34). The van der Waals surface area contributed by atoms with Gasteiger partial charge in [0.05, 0.1) is 16.1 Å². The second kappa shape index (κ2) is 11.0. The molecule has 0 radical (unpaired) electrons. The molecule has 1 aliphatic rings. The molecule has 38 heavy (non-hydrogen) atoms. The van der Waals surface area contributed by atoms with Gasteiger partial charge in [-0.1, -0.05) is 73.9 Å². The van der Waals surface area contributed by atoms with E-state index in [0.717, 1.165) is 60.0 Å². The van der Waals surface area contributed by atoms with Crippen LogP contribution in [0.25, 0.3) is 10.9 Å². The fourth-order valence-corrected chi connectivity index (χ4v) is 6.68. The Bertz CT molecular complexity index is 1540. The molecule has 1 amide bonds. The molecule has 1 saturated carbocycles. The first-order valence-corrected chi connectivity index (χ1v) is 14.5. The number of benzene rings is 3. The number of nitrogens with one attached hydrogen (secondary N) is 1. The maximum Gasteiger partial charge on any atom is 0.264 e. The number of aryl methyl sites for hydroxylation is 1. The number of aromatic nitrogens is 1. The molecule has 1 N–H and O–H groups in total. The Morgan fingerprint density at radius 3 is 2.37 bits per heavy atom. The van der Waals surface area contributed by atoms with Crippen molar-refractivity contribution < 1.29 is 17.9 Å². The molecule has 196 valence electrons. The summed E-state index contributed by atoms with van der Waals surface area (Å²) in [5, 5.41) is 1.09. The summed E-state index contributed by atoms with van der Waals surface area (Å²) >= 11 is 0. The molecule has 7 heteroatoms. The molecule has 0 unspecified atom stereocenters. The summed E-state index contributed by atoms with van der Waals surface area (Å²) in [6, 6.07) is 26.6. The van der Waals surface area contributed by atoms with Crippen LogP contribution in [0.5, 0.6) is 5.75 Å². The highest BCUT2D eigenvalue weighted by atomic mass is 32.2. The molecule has 1 heterocycles. The van der Waals surface area contributed by atoms with E-state index in [2.05, 4.69) is 9.71 Å². The highest BCUT2D eigenvalue weighted by molar-refractivity contribution is 7.90. The minimum Gasteiger partial charge on any atom is -0.487 e. The van der Waals surface area contributed by atoms with E-state index >= 15 is 0 Å². The third-order valence-corrected chi connectivity index (χ3v) is 8.98. The number of sulfonamides is 1. The molecule has 6 nitrogen and oxygen atoms in total. The van der Waals surface area contributed by atoms with Gasteiger partial charge < -0.3 is 4.74 Å². The van der Waals surface area contributed by atoms with Crippen molar-refractivity contribution in [1.82, 2.24) is 9.71 Å².